The fourth-order valence-electron chi connectivity index (χ4n) is 2.15. The molecule has 0 aromatic rings. The highest BCUT2D eigenvalue weighted by Crippen LogP contribution is 2.29. The van der Waals surface area contributed by atoms with E-state index in [0.29, 0.717) is 6.10 Å². The number of rotatable bonds is 4. The summed E-state index contributed by atoms with van der Waals surface area (Å²) in [5.74, 6) is 0.843. The molecule has 2 nitrogen and oxygen atoms in total. The molecule has 84 valence electrons. The first kappa shape index (κ1) is 12.0. The first-order valence-corrected chi connectivity index (χ1v) is 5.97. The first-order chi connectivity index (χ1) is 6.63. The Morgan fingerprint density at radius 3 is 2.64 bits per heavy atom. The van der Waals surface area contributed by atoms with Crippen molar-refractivity contribution in [1.29, 1.82) is 0 Å². The van der Waals surface area contributed by atoms with E-state index in [9.17, 15) is 5.11 Å². The number of aliphatic hydroxyl groups excluding tert-OH is 1. The van der Waals surface area contributed by atoms with E-state index in [1.54, 1.807) is 6.92 Å². The van der Waals surface area contributed by atoms with Crippen molar-refractivity contribution < 1.29 is 9.84 Å². The second-order valence-electron chi connectivity index (χ2n) is 4.64. The minimum Gasteiger partial charge on any atom is -0.391 e. The molecular formula is C12H24O2. The van der Waals surface area contributed by atoms with Gasteiger partial charge in [0.1, 0.15) is 0 Å². The van der Waals surface area contributed by atoms with Crippen molar-refractivity contribution in [3.63, 3.8) is 0 Å². The van der Waals surface area contributed by atoms with Gasteiger partial charge in [-0.15, -0.1) is 0 Å². The molecule has 0 saturated heterocycles. The molecule has 2 heteroatoms. The van der Waals surface area contributed by atoms with Crippen molar-refractivity contribution in [1.82, 2.24) is 0 Å². The van der Waals surface area contributed by atoms with Crippen LogP contribution in [0, 0.1) is 5.92 Å². The van der Waals surface area contributed by atoms with Gasteiger partial charge in [-0.1, -0.05) is 26.2 Å². The summed E-state index contributed by atoms with van der Waals surface area (Å²) < 4.78 is 5.83. The van der Waals surface area contributed by atoms with Crippen LogP contribution in [0.4, 0.5) is 0 Å². The number of hydrogen-bond donors (Lipinski definition) is 1. The molecule has 0 aliphatic heterocycles. The fraction of sp³-hybridized carbons (Fsp3) is 1.00. The van der Waals surface area contributed by atoms with Gasteiger partial charge in [-0.2, -0.15) is 0 Å². The number of hydrogen-bond acceptors (Lipinski definition) is 2. The highest BCUT2D eigenvalue weighted by atomic mass is 16.5. The third-order valence-corrected chi connectivity index (χ3v) is 3.40. The van der Waals surface area contributed by atoms with Crippen LogP contribution in [-0.4, -0.2) is 23.4 Å². The van der Waals surface area contributed by atoms with Crippen LogP contribution in [0.2, 0.25) is 0 Å². The van der Waals surface area contributed by atoms with Gasteiger partial charge in [-0.25, -0.2) is 0 Å². The van der Waals surface area contributed by atoms with E-state index in [1.165, 1.54) is 32.1 Å². The van der Waals surface area contributed by atoms with Gasteiger partial charge in [0.2, 0.25) is 0 Å². The summed E-state index contributed by atoms with van der Waals surface area (Å²) >= 11 is 0. The Kier molecular flexibility index (Phi) is 4.90. The Morgan fingerprint density at radius 1 is 1.36 bits per heavy atom. The molecule has 3 unspecified atom stereocenters. The van der Waals surface area contributed by atoms with Crippen molar-refractivity contribution in [3.8, 4) is 0 Å². The zero-order chi connectivity index (χ0) is 10.6. The van der Waals surface area contributed by atoms with Gasteiger partial charge in [0.15, 0.2) is 0 Å². The van der Waals surface area contributed by atoms with Gasteiger partial charge in [0.05, 0.1) is 18.3 Å². The van der Waals surface area contributed by atoms with Crippen LogP contribution >= 0.6 is 0 Å². The maximum Gasteiger partial charge on any atom is 0.0806 e. The smallest absolute Gasteiger partial charge is 0.0806 e. The number of ether oxygens (including phenoxy) is 1. The van der Waals surface area contributed by atoms with Crippen LogP contribution in [0.1, 0.15) is 52.9 Å². The molecular weight excluding hydrogens is 176 g/mol. The molecule has 0 aromatic carbocycles. The van der Waals surface area contributed by atoms with Crippen molar-refractivity contribution in [2.75, 3.05) is 0 Å². The lowest BCUT2D eigenvalue weighted by molar-refractivity contribution is -0.0793. The van der Waals surface area contributed by atoms with Gasteiger partial charge in [0, 0.05) is 0 Å². The Hall–Kier alpha value is -0.0800. The SMILES string of the molecule is CCC1CCCC(OC(C)[C@H](C)O)C1. The van der Waals surface area contributed by atoms with Crippen molar-refractivity contribution >= 4 is 0 Å². The molecule has 1 saturated carbocycles. The Bertz CT molecular complexity index is 156. The third-order valence-electron chi connectivity index (χ3n) is 3.40. The van der Waals surface area contributed by atoms with Crippen LogP contribution in [-0.2, 0) is 4.74 Å². The lowest BCUT2D eigenvalue weighted by Gasteiger charge is -2.31. The second kappa shape index (κ2) is 5.72. The van der Waals surface area contributed by atoms with Crippen LogP contribution in [0.3, 0.4) is 0 Å². The molecule has 14 heavy (non-hydrogen) atoms. The normalized spacial score (nSPS) is 32.6. The molecule has 0 heterocycles. The van der Waals surface area contributed by atoms with Crippen LogP contribution in [0.15, 0.2) is 0 Å². The summed E-state index contributed by atoms with van der Waals surface area (Å²) in [5.41, 5.74) is 0. The molecule has 0 amide bonds. The largest absolute Gasteiger partial charge is 0.391 e. The maximum atomic E-state index is 9.35. The average Bonchev–Trinajstić information content (AvgIpc) is 2.18. The molecule has 1 fully saturated rings. The van der Waals surface area contributed by atoms with E-state index in [2.05, 4.69) is 6.92 Å². The zero-order valence-electron chi connectivity index (χ0n) is 9.70. The Balaban J connectivity index is 2.30. The van der Waals surface area contributed by atoms with E-state index >= 15 is 0 Å². The van der Waals surface area contributed by atoms with Crippen LogP contribution in [0.5, 0.6) is 0 Å². The van der Waals surface area contributed by atoms with Gasteiger partial charge >= 0.3 is 0 Å². The van der Waals surface area contributed by atoms with Crippen molar-refractivity contribution in [2.24, 2.45) is 5.92 Å². The molecule has 0 radical (unpaired) electrons. The maximum absolute atomic E-state index is 9.35. The van der Waals surface area contributed by atoms with E-state index in [4.69, 9.17) is 4.74 Å². The molecule has 0 aromatic heterocycles. The van der Waals surface area contributed by atoms with Crippen LogP contribution in [0.25, 0.3) is 0 Å². The van der Waals surface area contributed by atoms with E-state index in [0.717, 1.165) is 5.92 Å². The summed E-state index contributed by atoms with van der Waals surface area (Å²) in [5, 5.41) is 9.35. The minimum atomic E-state index is -0.350. The Labute approximate surface area is 87.7 Å². The summed E-state index contributed by atoms with van der Waals surface area (Å²) in [6.45, 7) is 6.01. The molecule has 0 spiro atoms. The second-order valence-corrected chi connectivity index (χ2v) is 4.64. The fourth-order valence-corrected chi connectivity index (χ4v) is 2.15. The topological polar surface area (TPSA) is 29.5 Å². The van der Waals surface area contributed by atoms with Gasteiger partial charge in [-0.05, 0) is 32.6 Å². The number of aliphatic hydroxyl groups is 1. The summed E-state index contributed by atoms with van der Waals surface area (Å²) in [6, 6.07) is 0. The zero-order valence-corrected chi connectivity index (χ0v) is 9.70. The van der Waals surface area contributed by atoms with Crippen molar-refractivity contribution in [2.45, 2.75) is 71.2 Å². The molecule has 1 rings (SSSR count). The summed E-state index contributed by atoms with van der Waals surface area (Å²) in [6.07, 6.45) is 6.30. The molecule has 4 atom stereocenters. The highest BCUT2D eigenvalue weighted by Gasteiger charge is 2.23. The van der Waals surface area contributed by atoms with E-state index in [1.807, 2.05) is 6.92 Å². The first-order valence-electron chi connectivity index (χ1n) is 5.97. The predicted octanol–water partition coefficient (Wildman–Crippen LogP) is 2.74. The van der Waals surface area contributed by atoms with Gasteiger partial charge in [-0.3, -0.25) is 0 Å². The lowest BCUT2D eigenvalue weighted by Crippen LogP contribution is -2.31. The lowest BCUT2D eigenvalue weighted by atomic mass is 9.85. The van der Waals surface area contributed by atoms with Gasteiger partial charge in [0.25, 0.3) is 0 Å². The average molecular weight is 200 g/mol. The monoisotopic (exact) mass is 200 g/mol. The van der Waals surface area contributed by atoms with Crippen molar-refractivity contribution in [3.05, 3.63) is 0 Å². The summed E-state index contributed by atoms with van der Waals surface area (Å²) in [7, 11) is 0. The molecule has 0 bridgehead atoms. The van der Waals surface area contributed by atoms with E-state index < -0.39 is 0 Å². The minimum absolute atomic E-state index is 0.0180. The quantitative estimate of drug-likeness (QED) is 0.756. The molecule has 1 aliphatic rings. The van der Waals surface area contributed by atoms with Crippen LogP contribution < -0.4 is 0 Å². The standard InChI is InChI=1S/C12H24O2/c1-4-11-6-5-7-12(8-11)14-10(3)9(2)13/h9-13H,4-8H2,1-3H3/t9-,10?,11?,12?/m0/s1. The molecule has 1 N–H and O–H groups in total. The Morgan fingerprint density at radius 2 is 2.07 bits per heavy atom. The summed E-state index contributed by atoms with van der Waals surface area (Å²) in [4.78, 5) is 0. The molecule has 1 aliphatic carbocycles. The third kappa shape index (κ3) is 3.58. The van der Waals surface area contributed by atoms with Gasteiger partial charge < -0.3 is 9.84 Å². The van der Waals surface area contributed by atoms with E-state index in [-0.39, 0.29) is 12.2 Å². The highest BCUT2D eigenvalue weighted by molar-refractivity contribution is 4.74. The predicted molar refractivity (Wildman–Crippen MR) is 58.3 cm³/mol.